The number of carbonyl (C=O) groups excluding carboxylic acids is 2. The first kappa shape index (κ1) is 23.0. The molecule has 8 heteroatoms. The third-order valence-electron chi connectivity index (χ3n) is 6.11. The second-order valence-corrected chi connectivity index (χ2v) is 8.43. The second-order valence-electron chi connectivity index (χ2n) is 8.43. The molecule has 4 aromatic rings. The number of benzene rings is 1. The van der Waals surface area contributed by atoms with Gasteiger partial charge in [-0.2, -0.15) is 0 Å². The third-order valence-corrected chi connectivity index (χ3v) is 6.11. The molecule has 1 amide bonds. The van der Waals surface area contributed by atoms with Gasteiger partial charge in [0.05, 0.1) is 17.3 Å². The van der Waals surface area contributed by atoms with E-state index in [4.69, 9.17) is 4.74 Å². The molecule has 1 fully saturated rings. The number of rotatable bonds is 7. The standard InChI is InChI=1S/C28H24N4O4/c1-3-15-36-21-11-9-20(10-12-21)25-23(26(33)24-18(2)30-22-8-4-5-14-31(22)24)27(34)28(35)32(25)17-19-7-6-13-29-16-19/h3-14,16,25,33H,1,15,17H2,2H3. The van der Waals surface area contributed by atoms with Gasteiger partial charge in [0.2, 0.25) is 0 Å². The van der Waals surface area contributed by atoms with Crippen LogP contribution in [0.3, 0.4) is 0 Å². The number of ether oxygens (including phenoxy) is 1. The molecule has 5 rings (SSSR count). The van der Waals surface area contributed by atoms with E-state index in [2.05, 4.69) is 16.5 Å². The van der Waals surface area contributed by atoms with Crippen molar-refractivity contribution in [2.24, 2.45) is 0 Å². The van der Waals surface area contributed by atoms with Crippen molar-refractivity contribution in [1.29, 1.82) is 0 Å². The number of ketones is 1. The molecule has 1 atom stereocenters. The Morgan fingerprint density at radius 3 is 2.67 bits per heavy atom. The first-order valence-corrected chi connectivity index (χ1v) is 11.4. The molecule has 1 saturated heterocycles. The maximum absolute atomic E-state index is 13.4. The maximum Gasteiger partial charge on any atom is 0.295 e. The average Bonchev–Trinajstić information content (AvgIpc) is 3.36. The van der Waals surface area contributed by atoms with Crippen LogP contribution in [0.1, 0.15) is 28.6 Å². The molecular weight excluding hydrogens is 456 g/mol. The van der Waals surface area contributed by atoms with E-state index in [1.54, 1.807) is 66.3 Å². The van der Waals surface area contributed by atoms with Crippen LogP contribution in [0.25, 0.3) is 11.4 Å². The zero-order valence-corrected chi connectivity index (χ0v) is 19.7. The number of aromatic nitrogens is 3. The van der Waals surface area contributed by atoms with Crippen LogP contribution in [0.2, 0.25) is 0 Å². The number of Topliss-reactive ketones (excluding diaryl/α,β-unsaturated/α-hetero) is 1. The lowest BCUT2D eigenvalue weighted by molar-refractivity contribution is -0.140. The predicted octanol–water partition coefficient (Wildman–Crippen LogP) is 4.22. The average molecular weight is 481 g/mol. The quantitative estimate of drug-likeness (QED) is 0.184. The van der Waals surface area contributed by atoms with Crippen LogP contribution in [-0.4, -0.2) is 42.7 Å². The highest BCUT2D eigenvalue weighted by molar-refractivity contribution is 6.46. The van der Waals surface area contributed by atoms with E-state index in [9.17, 15) is 14.7 Å². The minimum Gasteiger partial charge on any atom is -0.505 e. The number of fused-ring (bicyclic) bond motifs is 1. The van der Waals surface area contributed by atoms with Gasteiger partial charge in [-0.3, -0.25) is 19.0 Å². The van der Waals surface area contributed by atoms with E-state index in [0.717, 1.165) is 5.56 Å². The van der Waals surface area contributed by atoms with Crippen molar-refractivity contribution in [1.82, 2.24) is 19.3 Å². The lowest BCUT2D eigenvalue weighted by Crippen LogP contribution is -2.29. The molecule has 1 unspecified atom stereocenters. The molecule has 180 valence electrons. The number of likely N-dealkylation sites (tertiary alicyclic amines) is 1. The van der Waals surface area contributed by atoms with Crippen LogP contribution in [0.5, 0.6) is 5.75 Å². The lowest BCUT2D eigenvalue weighted by atomic mass is 9.96. The Labute approximate surface area is 207 Å². The smallest absolute Gasteiger partial charge is 0.295 e. The summed E-state index contributed by atoms with van der Waals surface area (Å²) >= 11 is 0. The molecule has 0 bridgehead atoms. The van der Waals surface area contributed by atoms with E-state index >= 15 is 0 Å². The van der Waals surface area contributed by atoms with Gasteiger partial charge in [-0.25, -0.2) is 4.98 Å². The van der Waals surface area contributed by atoms with Crippen LogP contribution in [0.4, 0.5) is 0 Å². The SMILES string of the molecule is C=CCOc1ccc(C2C(=C(O)c3c(C)nc4ccccn34)C(=O)C(=O)N2Cc2cccnc2)cc1. The zero-order valence-electron chi connectivity index (χ0n) is 19.7. The molecular formula is C28H24N4O4. The van der Waals surface area contributed by atoms with Crippen molar-refractivity contribution in [2.75, 3.05) is 6.61 Å². The summed E-state index contributed by atoms with van der Waals surface area (Å²) in [5.74, 6) is -1.08. The molecule has 1 N–H and O–H groups in total. The Morgan fingerprint density at radius 2 is 1.94 bits per heavy atom. The number of aryl methyl sites for hydroxylation is 1. The summed E-state index contributed by atoms with van der Waals surface area (Å²) in [5.41, 5.74) is 2.99. The van der Waals surface area contributed by atoms with E-state index in [1.165, 1.54) is 4.90 Å². The van der Waals surface area contributed by atoms with E-state index in [0.29, 0.717) is 35.0 Å². The first-order valence-electron chi connectivity index (χ1n) is 11.4. The van der Waals surface area contributed by atoms with Crippen LogP contribution in [0, 0.1) is 6.92 Å². The van der Waals surface area contributed by atoms with Crippen molar-refractivity contribution in [2.45, 2.75) is 19.5 Å². The van der Waals surface area contributed by atoms with Gasteiger partial charge in [-0.05, 0) is 48.4 Å². The number of amides is 1. The topological polar surface area (TPSA) is 97.0 Å². The number of hydrogen-bond donors (Lipinski definition) is 1. The number of aliphatic hydroxyl groups is 1. The Bertz CT molecular complexity index is 1490. The van der Waals surface area contributed by atoms with Gasteiger partial charge in [-0.1, -0.05) is 36.9 Å². The van der Waals surface area contributed by atoms with E-state index < -0.39 is 17.7 Å². The molecule has 36 heavy (non-hydrogen) atoms. The van der Waals surface area contributed by atoms with Crippen molar-refractivity contribution in [3.05, 3.63) is 114 Å². The Morgan fingerprint density at radius 1 is 1.14 bits per heavy atom. The van der Waals surface area contributed by atoms with Crippen molar-refractivity contribution in [3.63, 3.8) is 0 Å². The molecule has 0 spiro atoms. The number of pyridine rings is 2. The Hall–Kier alpha value is -4.72. The molecule has 0 aliphatic carbocycles. The van der Waals surface area contributed by atoms with Crippen LogP contribution in [0.15, 0.2) is 91.4 Å². The summed E-state index contributed by atoms with van der Waals surface area (Å²) in [6.07, 6.45) is 6.70. The summed E-state index contributed by atoms with van der Waals surface area (Å²) in [5, 5.41) is 11.5. The number of nitrogens with zero attached hydrogens (tertiary/aromatic N) is 4. The molecule has 3 aromatic heterocycles. The third kappa shape index (κ3) is 4.02. The predicted molar refractivity (Wildman–Crippen MR) is 134 cm³/mol. The Kier molecular flexibility index (Phi) is 6.08. The summed E-state index contributed by atoms with van der Waals surface area (Å²) in [4.78, 5) is 36.8. The van der Waals surface area contributed by atoms with Gasteiger partial charge in [-0.15, -0.1) is 0 Å². The highest BCUT2D eigenvalue weighted by atomic mass is 16.5. The number of carbonyl (C=O) groups is 2. The molecule has 4 heterocycles. The normalized spacial score (nSPS) is 17.0. The summed E-state index contributed by atoms with van der Waals surface area (Å²) in [6, 6.07) is 15.4. The van der Waals surface area contributed by atoms with Crippen LogP contribution >= 0.6 is 0 Å². The fraction of sp³-hybridized carbons (Fsp3) is 0.143. The van der Waals surface area contributed by atoms with Gasteiger partial charge in [0.1, 0.15) is 23.7 Å². The highest BCUT2D eigenvalue weighted by Crippen LogP contribution is 2.41. The number of aliphatic hydroxyl groups excluding tert-OH is 1. The first-order chi connectivity index (χ1) is 17.5. The van der Waals surface area contributed by atoms with Crippen LogP contribution < -0.4 is 4.74 Å². The molecule has 1 aliphatic rings. The minimum atomic E-state index is -0.813. The minimum absolute atomic E-state index is 0.0115. The highest BCUT2D eigenvalue weighted by Gasteiger charge is 2.46. The lowest BCUT2D eigenvalue weighted by Gasteiger charge is -2.25. The van der Waals surface area contributed by atoms with Gasteiger partial charge in [0.15, 0.2) is 5.76 Å². The van der Waals surface area contributed by atoms with Crippen molar-refractivity contribution < 1.29 is 19.4 Å². The maximum atomic E-state index is 13.4. The van der Waals surface area contributed by atoms with Crippen molar-refractivity contribution in [3.8, 4) is 5.75 Å². The second kappa shape index (κ2) is 9.50. The van der Waals surface area contributed by atoms with E-state index in [-0.39, 0.29) is 17.9 Å². The largest absolute Gasteiger partial charge is 0.505 e. The van der Waals surface area contributed by atoms with Gasteiger partial charge < -0.3 is 14.7 Å². The summed E-state index contributed by atoms with van der Waals surface area (Å²) in [6.45, 7) is 5.92. The Balaban J connectivity index is 1.66. The zero-order chi connectivity index (χ0) is 25.2. The number of hydrogen-bond acceptors (Lipinski definition) is 6. The van der Waals surface area contributed by atoms with Gasteiger partial charge >= 0.3 is 0 Å². The fourth-order valence-corrected chi connectivity index (χ4v) is 4.51. The summed E-state index contributed by atoms with van der Waals surface area (Å²) < 4.78 is 7.30. The molecule has 0 saturated carbocycles. The van der Waals surface area contributed by atoms with Gasteiger partial charge in [0, 0.05) is 25.1 Å². The van der Waals surface area contributed by atoms with Crippen molar-refractivity contribution >= 4 is 23.1 Å². The van der Waals surface area contributed by atoms with Gasteiger partial charge in [0.25, 0.3) is 11.7 Å². The monoisotopic (exact) mass is 480 g/mol. The number of imidazole rings is 1. The molecule has 1 aromatic carbocycles. The molecule has 0 radical (unpaired) electrons. The molecule has 1 aliphatic heterocycles. The van der Waals surface area contributed by atoms with Crippen LogP contribution in [-0.2, 0) is 16.1 Å². The fourth-order valence-electron chi connectivity index (χ4n) is 4.51. The van der Waals surface area contributed by atoms with E-state index in [1.807, 2.05) is 24.3 Å². The summed E-state index contributed by atoms with van der Waals surface area (Å²) in [7, 11) is 0. The molecule has 8 nitrogen and oxygen atoms in total.